The lowest BCUT2D eigenvalue weighted by Crippen LogP contribution is -2.01. The Bertz CT molecular complexity index is 116. The molecule has 13 heavy (non-hydrogen) atoms. The summed E-state index contributed by atoms with van der Waals surface area (Å²) < 4.78 is 34.9. The number of alkyl halides is 4. The van der Waals surface area contributed by atoms with E-state index in [9.17, 15) is 13.2 Å². The highest BCUT2D eigenvalue weighted by Crippen LogP contribution is 2.30. The highest BCUT2D eigenvalue weighted by molar-refractivity contribution is 8.00. The first kappa shape index (κ1) is 13.4. The number of halogens is 4. The van der Waals surface area contributed by atoms with Crippen LogP contribution in [-0.4, -0.2) is 17.1 Å². The van der Waals surface area contributed by atoms with Gasteiger partial charge < -0.3 is 0 Å². The van der Waals surface area contributed by atoms with Crippen LogP contribution < -0.4 is 0 Å². The van der Waals surface area contributed by atoms with Crippen molar-refractivity contribution in [1.82, 2.24) is 0 Å². The molecule has 0 aliphatic carbocycles. The van der Waals surface area contributed by atoms with E-state index in [1.54, 1.807) is 0 Å². The van der Waals surface area contributed by atoms with Crippen molar-refractivity contribution in [3.8, 4) is 0 Å². The van der Waals surface area contributed by atoms with E-state index in [0.29, 0.717) is 12.3 Å². The summed E-state index contributed by atoms with van der Waals surface area (Å²) >= 11 is 5.52. The standard InChI is InChI=1S/C8H14ClF3S/c9-6-4-2-1-3-5-7-13-8(10,11)12/h1-7H2. The van der Waals surface area contributed by atoms with E-state index in [2.05, 4.69) is 0 Å². The predicted octanol–water partition coefficient (Wildman–Crippen LogP) is 4.43. The largest absolute Gasteiger partial charge is 0.441 e. The normalized spacial score (nSPS) is 12.0. The van der Waals surface area contributed by atoms with Gasteiger partial charge in [0.25, 0.3) is 0 Å². The lowest BCUT2D eigenvalue weighted by atomic mass is 10.2. The summed E-state index contributed by atoms with van der Waals surface area (Å²) in [7, 11) is 0. The van der Waals surface area contributed by atoms with Gasteiger partial charge in [-0.15, -0.1) is 11.6 Å². The highest BCUT2D eigenvalue weighted by atomic mass is 35.5. The number of hydrogen-bond acceptors (Lipinski definition) is 1. The highest BCUT2D eigenvalue weighted by Gasteiger charge is 2.27. The Hall–Kier alpha value is 0.430. The minimum Gasteiger partial charge on any atom is -0.160 e. The van der Waals surface area contributed by atoms with E-state index < -0.39 is 5.51 Å². The molecule has 0 rings (SSSR count). The molecular formula is C8H14ClF3S. The number of hydrogen-bond donors (Lipinski definition) is 0. The number of rotatable bonds is 7. The fraction of sp³-hybridized carbons (Fsp3) is 1.00. The summed E-state index contributed by atoms with van der Waals surface area (Å²) in [6.45, 7) is 0. The molecule has 0 amide bonds. The predicted molar refractivity (Wildman–Crippen MR) is 52.3 cm³/mol. The maximum Gasteiger partial charge on any atom is 0.441 e. The molecule has 0 nitrogen and oxygen atoms in total. The van der Waals surface area contributed by atoms with Crippen LogP contribution in [0.2, 0.25) is 0 Å². The van der Waals surface area contributed by atoms with Crippen molar-refractivity contribution in [2.75, 3.05) is 11.6 Å². The zero-order valence-electron chi connectivity index (χ0n) is 7.37. The number of unbranched alkanes of at least 4 members (excludes halogenated alkanes) is 4. The van der Waals surface area contributed by atoms with Crippen LogP contribution >= 0.6 is 23.4 Å². The molecule has 0 spiro atoms. The van der Waals surface area contributed by atoms with Crippen LogP contribution in [0.25, 0.3) is 0 Å². The second kappa shape index (κ2) is 7.80. The van der Waals surface area contributed by atoms with Crippen LogP contribution in [0.3, 0.4) is 0 Å². The van der Waals surface area contributed by atoms with Crippen molar-refractivity contribution in [2.45, 2.75) is 37.6 Å². The first-order chi connectivity index (χ1) is 6.06. The van der Waals surface area contributed by atoms with Gasteiger partial charge in [0.1, 0.15) is 0 Å². The van der Waals surface area contributed by atoms with Gasteiger partial charge in [-0.25, -0.2) is 0 Å². The molecule has 0 aromatic heterocycles. The SMILES string of the molecule is FC(F)(F)SCCCCCCCCl. The van der Waals surface area contributed by atoms with Gasteiger partial charge in [0.2, 0.25) is 0 Å². The van der Waals surface area contributed by atoms with E-state index in [4.69, 9.17) is 11.6 Å². The Kier molecular flexibility index (Phi) is 8.06. The average molecular weight is 235 g/mol. The molecule has 0 atom stereocenters. The Morgan fingerprint density at radius 2 is 1.46 bits per heavy atom. The van der Waals surface area contributed by atoms with E-state index in [1.165, 1.54) is 0 Å². The molecule has 0 bridgehead atoms. The third-order valence-corrected chi connectivity index (χ3v) is 2.63. The van der Waals surface area contributed by atoms with E-state index in [-0.39, 0.29) is 17.5 Å². The van der Waals surface area contributed by atoms with Crippen molar-refractivity contribution in [3.05, 3.63) is 0 Å². The fourth-order valence-corrected chi connectivity index (χ4v) is 1.68. The van der Waals surface area contributed by atoms with Crippen molar-refractivity contribution in [1.29, 1.82) is 0 Å². The van der Waals surface area contributed by atoms with Gasteiger partial charge in [0.05, 0.1) is 0 Å². The van der Waals surface area contributed by atoms with Gasteiger partial charge in [-0.2, -0.15) is 13.2 Å². The number of thioether (sulfide) groups is 1. The van der Waals surface area contributed by atoms with E-state index in [1.807, 2.05) is 0 Å². The Labute approximate surface area is 86.2 Å². The van der Waals surface area contributed by atoms with Crippen LogP contribution in [0.4, 0.5) is 13.2 Å². The van der Waals surface area contributed by atoms with Gasteiger partial charge in [-0.05, 0) is 12.8 Å². The van der Waals surface area contributed by atoms with Crippen molar-refractivity contribution < 1.29 is 13.2 Å². The molecular weight excluding hydrogens is 221 g/mol. The minimum atomic E-state index is -4.06. The third-order valence-electron chi connectivity index (χ3n) is 1.54. The molecule has 0 aliphatic rings. The maximum absolute atomic E-state index is 11.6. The van der Waals surface area contributed by atoms with Gasteiger partial charge >= 0.3 is 5.51 Å². The van der Waals surface area contributed by atoms with Crippen LogP contribution in [0.5, 0.6) is 0 Å². The maximum atomic E-state index is 11.6. The molecule has 0 fully saturated rings. The molecule has 0 aromatic rings. The third kappa shape index (κ3) is 12.4. The molecule has 0 heterocycles. The van der Waals surface area contributed by atoms with Gasteiger partial charge in [0, 0.05) is 11.6 Å². The van der Waals surface area contributed by atoms with Crippen molar-refractivity contribution in [2.24, 2.45) is 0 Å². The smallest absolute Gasteiger partial charge is 0.160 e. The van der Waals surface area contributed by atoms with Crippen LogP contribution in [-0.2, 0) is 0 Å². The van der Waals surface area contributed by atoms with E-state index in [0.717, 1.165) is 25.7 Å². The van der Waals surface area contributed by atoms with Crippen LogP contribution in [0, 0.1) is 0 Å². The molecule has 80 valence electrons. The first-order valence-electron chi connectivity index (χ1n) is 4.33. The zero-order chi connectivity index (χ0) is 10.2. The Morgan fingerprint density at radius 1 is 0.923 bits per heavy atom. The molecule has 0 saturated heterocycles. The second-order valence-corrected chi connectivity index (χ2v) is 4.29. The monoisotopic (exact) mass is 234 g/mol. The molecule has 0 radical (unpaired) electrons. The van der Waals surface area contributed by atoms with Gasteiger partial charge in [-0.3, -0.25) is 0 Å². The molecule has 0 saturated carbocycles. The molecule has 5 heteroatoms. The van der Waals surface area contributed by atoms with E-state index >= 15 is 0 Å². The lowest BCUT2D eigenvalue weighted by molar-refractivity contribution is -0.0328. The van der Waals surface area contributed by atoms with Crippen LogP contribution in [0.15, 0.2) is 0 Å². The Balaban J connectivity index is 3.00. The fourth-order valence-electron chi connectivity index (χ4n) is 0.915. The first-order valence-corrected chi connectivity index (χ1v) is 5.85. The summed E-state index contributed by atoms with van der Waals surface area (Å²) in [4.78, 5) is 0. The summed E-state index contributed by atoms with van der Waals surface area (Å²) in [5, 5.41) is 0. The summed E-state index contributed by atoms with van der Waals surface area (Å²) in [5.74, 6) is 0.835. The summed E-state index contributed by atoms with van der Waals surface area (Å²) in [6, 6.07) is 0. The molecule has 0 aromatic carbocycles. The van der Waals surface area contributed by atoms with Crippen molar-refractivity contribution >= 4 is 23.4 Å². The minimum absolute atomic E-state index is 0.0713. The molecule has 0 N–H and O–H groups in total. The summed E-state index contributed by atoms with van der Waals surface area (Å²) in [5.41, 5.74) is -4.06. The summed E-state index contributed by atoms with van der Waals surface area (Å²) in [6.07, 6.45) is 4.51. The van der Waals surface area contributed by atoms with Crippen LogP contribution in [0.1, 0.15) is 32.1 Å². The average Bonchev–Trinajstić information content (AvgIpc) is 2.01. The second-order valence-electron chi connectivity index (χ2n) is 2.75. The lowest BCUT2D eigenvalue weighted by Gasteiger charge is -2.04. The van der Waals surface area contributed by atoms with Gasteiger partial charge in [-0.1, -0.05) is 31.0 Å². The van der Waals surface area contributed by atoms with Crippen molar-refractivity contribution in [3.63, 3.8) is 0 Å². The topological polar surface area (TPSA) is 0 Å². The molecule has 0 unspecified atom stereocenters. The molecule has 0 aliphatic heterocycles. The Morgan fingerprint density at radius 3 is 2.00 bits per heavy atom. The van der Waals surface area contributed by atoms with Gasteiger partial charge in [0.15, 0.2) is 0 Å². The quantitative estimate of drug-likeness (QED) is 0.464. The zero-order valence-corrected chi connectivity index (χ0v) is 8.94.